The van der Waals surface area contributed by atoms with E-state index in [0.29, 0.717) is 21.9 Å². The second kappa shape index (κ2) is 3.79. The lowest BCUT2D eigenvalue weighted by atomic mass is 10.3. The van der Waals surface area contributed by atoms with Crippen molar-refractivity contribution in [2.45, 2.75) is 6.54 Å². The van der Waals surface area contributed by atoms with Crippen LogP contribution in [0.25, 0.3) is 11.0 Å². The minimum atomic E-state index is -0.301. The Morgan fingerprint density at radius 1 is 1.60 bits per heavy atom. The summed E-state index contributed by atoms with van der Waals surface area (Å²) in [6.07, 6.45) is 0. The molecule has 2 nitrogen and oxygen atoms in total. The van der Waals surface area contributed by atoms with Crippen molar-refractivity contribution in [3.05, 3.63) is 40.4 Å². The standard InChI is InChI=1S/C10H8ClFN2S/c1-6(11)5-14-9-4-7(12)2-3-8(9)13-10(14)15/h2-4H,1,5H2,(H,13,15). The molecule has 0 radical (unpaired) electrons. The van der Waals surface area contributed by atoms with E-state index in [0.717, 1.165) is 5.52 Å². The van der Waals surface area contributed by atoms with E-state index in [9.17, 15) is 4.39 Å². The summed E-state index contributed by atoms with van der Waals surface area (Å²) in [5.41, 5.74) is 1.49. The molecule has 0 aliphatic carbocycles. The van der Waals surface area contributed by atoms with Crippen LogP contribution in [0.5, 0.6) is 0 Å². The molecule has 0 saturated heterocycles. The highest BCUT2D eigenvalue weighted by atomic mass is 35.5. The number of imidazole rings is 1. The Kier molecular flexibility index (Phi) is 2.63. The van der Waals surface area contributed by atoms with Crippen LogP contribution in [0.15, 0.2) is 29.8 Å². The summed E-state index contributed by atoms with van der Waals surface area (Å²) in [7, 11) is 0. The number of aromatic amines is 1. The van der Waals surface area contributed by atoms with E-state index < -0.39 is 0 Å². The SMILES string of the molecule is C=C(Cl)Cn1c(=S)[nH]c2ccc(F)cc21. The van der Waals surface area contributed by atoms with Crippen molar-refractivity contribution in [1.29, 1.82) is 0 Å². The molecule has 15 heavy (non-hydrogen) atoms. The van der Waals surface area contributed by atoms with Crippen LogP contribution in [0.4, 0.5) is 4.39 Å². The number of H-pyrrole nitrogens is 1. The predicted molar refractivity (Wildman–Crippen MR) is 62.1 cm³/mol. The van der Waals surface area contributed by atoms with Crippen LogP contribution in [-0.2, 0) is 6.54 Å². The molecule has 0 amide bonds. The first-order chi connectivity index (χ1) is 7.08. The Bertz CT molecular complexity index is 585. The van der Waals surface area contributed by atoms with Gasteiger partial charge in [0.25, 0.3) is 0 Å². The van der Waals surface area contributed by atoms with Gasteiger partial charge >= 0.3 is 0 Å². The molecule has 0 fully saturated rings. The lowest BCUT2D eigenvalue weighted by Crippen LogP contribution is -1.97. The third-order valence-corrected chi connectivity index (χ3v) is 2.51. The number of fused-ring (bicyclic) bond motifs is 1. The van der Waals surface area contributed by atoms with Crippen molar-refractivity contribution in [2.75, 3.05) is 0 Å². The lowest BCUT2D eigenvalue weighted by molar-refractivity contribution is 0.628. The van der Waals surface area contributed by atoms with Gasteiger partial charge in [0.15, 0.2) is 4.77 Å². The molecule has 0 saturated carbocycles. The number of hydrogen-bond acceptors (Lipinski definition) is 1. The molecule has 1 aromatic heterocycles. The third kappa shape index (κ3) is 1.96. The molecule has 1 heterocycles. The van der Waals surface area contributed by atoms with Gasteiger partial charge < -0.3 is 9.55 Å². The second-order valence-corrected chi connectivity index (χ2v) is 4.12. The van der Waals surface area contributed by atoms with Crippen molar-refractivity contribution in [3.8, 4) is 0 Å². The zero-order valence-corrected chi connectivity index (χ0v) is 9.33. The molecule has 0 bridgehead atoms. The topological polar surface area (TPSA) is 20.7 Å². The summed E-state index contributed by atoms with van der Waals surface area (Å²) in [6.45, 7) is 3.97. The van der Waals surface area contributed by atoms with Crippen LogP contribution in [0.2, 0.25) is 0 Å². The lowest BCUT2D eigenvalue weighted by Gasteiger charge is -2.01. The highest BCUT2D eigenvalue weighted by molar-refractivity contribution is 7.71. The number of nitrogens with one attached hydrogen (secondary N) is 1. The van der Waals surface area contributed by atoms with Gasteiger partial charge in [-0.15, -0.1) is 0 Å². The fourth-order valence-corrected chi connectivity index (χ4v) is 1.85. The molecule has 78 valence electrons. The maximum Gasteiger partial charge on any atom is 0.178 e. The maximum absolute atomic E-state index is 13.0. The van der Waals surface area contributed by atoms with E-state index in [1.54, 1.807) is 10.6 Å². The Morgan fingerprint density at radius 2 is 2.33 bits per heavy atom. The van der Waals surface area contributed by atoms with Crippen molar-refractivity contribution in [2.24, 2.45) is 0 Å². The summed E-state index contributed by atoms with van der Waals surface area (Å²) in [6, 6.07) is 4.45. The highest BCUT2D eigenvalue weighted by Crippen LogP contribution is 2.17. The average Bonchev–Trinajstić information content (AvgIpc) is 2.43. The zero-order chi connectivity index (χ0) is 11.0. The van der Waals surface area contributed by atoms with Crippen LogP contribution < -0.4 is 0 Å². The minimum Gasteiger partial charge on any atom is -0.331 e. The van der Waals surface area contributed by atoms with Gasteiger partial charge in [0, 0.05) is 5.03 Å². The number of allylic oxidation sites excluding steroid dienone is 1. The number of aromatic nitrogens is 2. The molecular weight excluding hydrogens is 235 g/mol. The fraction of sp³-hybridized carbons (Fsp3) is 0.100. The number of halogens is 2. The molecule has 1 aromatic carbocycles. The molecule has 0 spiro atoms. The molecule has 0 unspecified atom stereocenters. The molecule has 0 aliphatic heterocycles. The summed E-state index contributed by atoms with van der Waals surface area (Å²) in [5, 5.41) is 0.455. The molecular formula is C10H8ClFN2S. The van der Waals surface area contributed by atoms with Crippen molar-refractivity contribution < 1.29 is 4.39 Å². The van der Waals surface area contributed by atoms with Crippen LogP contribution in [0, 0.1) is 10.6 Å². The van der Waals surface area contributed by atoms with E-state index in [1.165, 1.54) is 12.1 Å². The van der Waals surface area contributed by atoms with E-state index >= 15 is 0 Å². The van der Waals surface area contributed by atoms with Crippen LogP contribution in [0.1, 0.15) is 0 Å². The molecule has 1 N–H and O–H groups in total. The second-order valence-electron chi connectivity index (χ2n) is 3.20. The molecule has 0 atom stereocenters. The zero-order valence-electron chi connectivity index (χ0n) is 7.76. The number of nitrogens with zero attached hydrogens (tertiary/aromatic N) is 1. The minimum absolute atomic E-state index is 0.301. The van der Waals surface area contributed by atoms with Crippen molar-refractivity contribution in [1.82, 2.24) is 9.55 Å². The smallest absolute Gasteiger partial charge is 0.178 e. The summed E-state index contributed by atoms with van der Waals surface area (Å²) in [5.74, 6) is -0.301. The predicted octanol–water partition coefficient (Wildman–Crippen LogP) is 3.59. The summed E-state index contributed by atoms with van der Waals surface area (Å²) >= 11 is 10.8. The highest BCUT2D eigenvalue weighted by Gasteiger charge is 2.05. The average molecular weight is 243 g/mol. The number of benzene rings is 1. The van der Waals surface area contributed by atoms with Crippen molar-refractivity contribution >= 4 is 34.9 Å². The van der Waals surface area contributed by atoms with Gasteiger partial charge in [0.05, 0.1) is 17.6 Å². The van der Waals surface area contributed by atoms with Crippen LogP contribution in [-0.4, -0.2) is 9.55 Å². The van der Waals surface area contributed by atoms with Gasteiger partial charge in [-0.1, -0.05) is 18.2 Å². The van der Waals surface area contributed by atoms with Gasteiger partial charge in [-0.3, -0.25) is 0 Å². The summed E-state index contributed by atoms with van der Waals surface area (Å²) in [4.78, 5) is 2.97. The normalized spacial score (nSPS) is 10.8. The van der Waals surface area contributed by atoms with Gasteiger partial charge in [0.2, 0.25) is 0 Å². The molecule has 2 rings (SSSR count). The van der Waals surface area contributed by atoms with Gasteiger partial charge in [-0.05, 0) is 30.4 Å². The maximum atomic E-state index is 13.0. The Morgan fingerprint density at radius 3 is 3.00 bits per heavy atom. The fourth-order valence-electron chi connectivity index (χ4n) is 1.45. The third-order valence-electron chi connectivity index (χ3n) is 2.07. The van der Waals surface area contributed by atoms with E-state index in [-0.39, 0.29) is 5.82 Å². The van der Waals surface area contributed by atoms with Crippen LogP contribution in [0.3, 0.4) is 0 Å². The Labute approximate surface area is 96.0 Å². The quantitative estimate of drug-likeness (QED) is 0.799. The largest absolute Gasteiger partial charge is 0.331 e. The van der Waals surface area contributed by atoms with E-state index in [2.05, 4.69) is 11.6 Å². The summed E-state index contributed by atoms with van der Waals surface area (Å²) < 4.78 is 15.3. The van der Waals surface area contributed by atoms with E-state index in [1.807, 2.05) is 0 Å². The Hall–Kier alpha value is -1.13. The first-order valence-corrected chi connectivity index (χ1v) is 5.08. The monoisotopic (exact) mass is 242 g/mol. The first-order valence-electron chi connectivity index (χ1n) is 4.29. The number of hydrogen-bond donors (Lipinski definition) is 1. The Balaban J connectivity index is 2.70. The molecule has 2 aromatic rings. The van der Waals surface area contributed by atoms with Gasteiger partial charge in [0.1, 0.15) is 5.82 Å². The van der Waals surface area contributed by atoms with Crippen LogP contribution >= 0.6 is 23.8 Å². The van der Waals surface area contributed by atoms with E-state index in [4.69, 9.17) is 23.8 Å². The van der Waals surface area contributed by atoms with Gasteiger partial charge in [-0.25, -0.2) is 4.39 Å². The van der Waals surface area contributed by atoms with Gasteiger partial charge in [-0.2, -0.15) is 0 Å². The van der Waals surface area contributed by atoms with Crippen molar-refractivity contribution in [3.63, 3.8) is 0 Å². The first kappa shape index (κ1) is 10.4. The molecule has 5 heteroatoms. The number of rotatable bonds is 2. The molecule has 0 aliphatic rings.